The van der Waals surface area contributed by atoms with Gasteiger partial charge in [-0.25, -0.2) is 9.98 Å². The highest BCUT2D eigenvalue weighted by Gasteiger charge is 2.25. The molecule has 1 atom stereocenters. The van der Waals surface area contributed by atoms with Gasteiger partial charge in [0.2, 0.25) is 0 Å². The maximum Gasteiger partial charge on any atom is 0.160 e. The van der Waals surface area contributed by atoms with Gasteiger partial charge in [-0.2, -0.15) is 0 Å². The second kappa shape index (κ2) is 15.1. The second-order valence-corrected chi connectivity index (χ2v) is 18.1. The summed E-state index contributed by atoms with van der Waals surface area (Å²) < 4.78 is 15.6. The van der Waals surface area contributed by atoms with E-state index in [9.17, 15) is 0 Å². The van der Waals surface area contributed by atoms with Crippen LogP contribution in [-0.4, -0.2) is 16.1 Å². The minimum absolute atomic E-state index is 0.00396. The van der Waals surface area contributed by atoms with Crippen molar-refractivity contribution in [3.8, 4) is 16.8 Å². The first-order chi connectivity index (χ1) is 33.6. The zero-order valence-electron chi connectivity index (χ0n) is 37.1. The van der Waals surface area contributed by atoms with Crippen molar-refractivity contribution in [2.24, 2.45) is 15.9 Å². The molecule has 0 spiro atoms. The summed E-state index contributed by atoms with van der Waals surface area (Å²) in [5, 5.41) is 11.4. The predicted molar refractivity (Wildman–Crippen MR) is 284 cm³/mol. The van der Waals surface area contributed by atoms with Crippen molar-refractivity contribution in [1.82, 2.24) is 4.57 Å². The summed E-state index contributed by atoms with van der Waals surface area (Å²) in [6.07, 6.45) is 3.02. The lowest BCUT2D eigenvalue weighted by atomic mass is 9.90. The van der Waals surface area contributed by atoms with Crippen LogP contribution in [0.25, 0.3) is 110 Å². The van der Waals surface area contributed by atoms with Crippen molar-refractivity contribution in [3.63, 3.8) is 0 Å². The number of furan rings is 2. The van der Waals surface area contributed by atoms with Crippen LogP contribution in [0.4, 0.5) is 0 Å². The predicted octanol–water partition coefficient (Wildman–Crippen LogP) is 16.9. The number of hydrogen-bond donors (Lipinski definition) is 0. The molecule has 10 aromatic carbocycles. The van der Waals surface area contributed by atoms with E-state index in [1.165, 1.54) is 37.9 Å². The Balaban J connectivity index is 1.03. The van der Waals surface area contributed by atoms with E-state index in [2.05, 4.69) is 206 Å². The molecule has 0 bridgehead atoms. The van der Waals surface area contributed by atoms with Crippen LogP contribution in [0.5, 0.6) is 0 Å². The largest absolute Gasteiger partial charge is 0.456 e. The molecule has 0 saturated heterocycles. The highest BCUT2D eigenvalue weighted by Crippen LogP contribution is 2.41. The maximum absolute atomic E-state index is 6.87. The SMILES string of the molecule is CC1C/C=C(\c2ccc(-c3ccccc3)cc2)N=C(c2ccc3oc4ccccc4c3c2)N=C1c1cc(-n2c3cc4ccccc4cc3c3cc4ccccc4cc32)cc2oc3ccccc3c12. The quantitative estimate of drug-likeness (QED) is 0.173. The summed E-state index contributed by atoms with van der Waals surface area (Å²) in [5.41, 5.74) is 13.8. The average Bonchev–Trinajstić information content (AvgIpc) is 4.05. The molecular formula is C63H41N3O2. The van der Waals surface area contributed by atoms with Crippen molar-refractivity contribution in [3.05, 3.63) is 229 Å². The van der Waals surface area contributed by atoms with Crippen LogP contribution in [0.3, 0.4) is 0 Å². The third-order valence-corrected chi connectivity index (χ3v) is 14.0. The molecule has 320 valence electrons. The number of aromatic nitrogens is 1. The first-order valence-corrected chi connectivity index (χ1v) is 23.3. The first-order valence-electron chi connectivity index (χ1n) is 23.3. The molecule has 0 N–H and O–H groups in total. The number of para-hydroxylation sites is 2. The van der Waals surface area contributed by atoms with Gasteiger partial charge in [-0.1, -0.05) is 153 Å². The highest BCUT2D eigenvalue weighted by atomic mass is 16.3. The molecule has 3 aromatic heterocycles. The fraction of sp³-hybridized carbons (Fsp3) is 0.0476. The maximum atomic E-state index is 6.87. The van der Waals surface area contributed by atoms with Gasteiger partial charge >= 0.3 is 0 Å². The Morgan fingerprint density at radius 2 is 0.971 bits per heavy atom. The second-order valence-electron chi connectivity index (χ2n) is 18.1. The first kappa shape index (κ1) is 38.5. The fourth-order valence-electron chi connectivity index (χ4n) is 10.6. The summed E-state index contributed by atoms with van der Waals surface area (Å²) in [7, 11) is 0. The Morgan fingerprint density at radius 3 is 1.68 bits per heavy atom. The molecule has 0 amide bonds. The van der Waals surface area contributed by atoms with Gasteiger partial charge in [-0.3, -0.25) is 0 Å². The van der Waals surface area contributed by atoms with E-state index < -0.39 is 0 Å². The Kier molecular flexibility index (Phi) is 8.56. The van der Waals surface area contributed by atoms with Crippen molar-refractivity contribution in [2.75, 3.05) is 0 Å². The number of aliphatic imine (C=N–C) groups is 2. The summed E-state index contributed by atoms with van der Waals surface area (Å²) in [6, 6.07) is 73.4. The van der Waals surface area contributed by atoms with Gasteiger partial charge in [0.1, 0.15) is 22.3 Å². The number of rotatable bonds is 5. The van der Waals surface area contributed by atoms with Gasteiger partial charge < -0.3 is 13.4 Å². The monoisotopic (exact) mass is 871 g/mol. The van der Waals surface area contributed by atoms with Crippen molar-refractivity contribution in [1.29, 1.82) is 0 Å². The lowest BCUT2D eigenvalue weighted by Crippen LogP contribution is -2.18. The summed E-state index contributed by atoms with van der Waals surface area (Å²) in [4.78, 5) is 11.3. The molecule has 0 saturated carbocycles. The molecular weight excluding hydrogens is 831 g/mol. The molecule has 1 aliphatic heterocycles. The molecule has 0 radical (unpaired) electrons. The van der Waals surface area contributed by atoms with Crippen molar-refractivity contribution >= 4 is 104 Å². The van der Waals surface area contributed by atoms with E-state index in [4.69, 9.17) is 18.8 Å². The minimum Gasteiger partial charge on any atom is -0.456 e. The molecule has 14 rings (SSSR count). The van der Waals surface area contributed by atoms with Crippen LogP contribution in [0.1, 0.15) is 30.0 Å². The van der Waals surface area contributed by atoms with Gasteiger partial charge in [0.15, 0.2) is 5.84 Å². The van der Waals surface area contributed by atoms with Gasteiger partial charge in [-0.05, 0) is 105 Å². The number of fused-ring (bicyclic) bond motifs is 11. The molecule has 68 heavy (non-hydrogen) atoms. The molecule has 4 heterocycles. The Hall–Kier alpha value is -8.80. The number of amidine groups is 1. The lowest BCUT2D eigenvalue weighted by Gasteiger charge is -2.20. The molecule has 5 heteroatoms. The number of nitrogens with zero attached hydrogens (tertiary/aromatic N) is 3. The molecule has 1 unspecified atom stereocenters. The van der Waals surface area contributed by atoms with Gasteiger partial charge in [0, 0.05) is 55.4 Å². The Morgan fingerprint density at radius 1 is 0.426 bits per heavy atom. The zero-order chi connectivity index (χ0) is 44.9. The van der Waals surface area contributed by atoms with E-state index in [0.717, 1.165) is 101 Å². The molecule has 0 fully saturated rings. The molecule has 13 aromatic rings. The normalized spacial score (nSPS) is 15.4. The fourth-order valence-corrected chi connectivity index (χ4v) is 10.6. The summed E-state index contributed by atoms with van der Waals surface area (Å²) in [6.45, 7) is 2.29. The smallest absolute Gasteiger partial charge is 0.160 e. The van der Waals surface area contributed by atoms with Gasteiger partial charge in [-0.15, -0.1) is 0 Å². The van der Waals surface area contributed by atoms with E-state index in [0.29, 0.717) is 5.84 Å². The van der Waals surface area contributed by atoms with Crippen LogP contribution in [-0.2, 0) is 0 Å². The minimum atomic E-state index is -0.00396. The Labute approximate surface area is 391 Å². The topological polar surface area (TPSA) is 55.9 Å². The van der Waals surface area contributed by atoms with E-state index in [-0.39, 0.29) is 5.92 Å². The number of allylic oxidation sites excluding steroid dienone is 1. The molecule has 5 nitrogen and oxygen atoms in total. The van der Waals surface area contributed by atoms with Crippen molar-refractivity contribution < 1.29 is 8.83 Å². The van der Waals surface area contributed by atoms with Gasteiger partial charge in [0.25, 0.3) is 0 Å². The molecule has 0 aliphatic carbocycles. The summed E-state index contributed by atoms with van der Waals surface area (Å²) >= 11 is 0. The number of benzene rings is 10. The van der Waals surface area contributed by atoms with Crippen LogP contribution in [0.15, 0.2) is 231 Å². The standard InChI is InChI=1S/C63H41N3O2/c1-38-23-29-54(41-26-24-40(25-27-41)39-13-3-2-4-14-39)64-63(46-28-30-59-52(33-46)48-19-9-11-21-57(48)67-59)65-62(38)53-36-47(37-60-61(53)49-20-10-12-22-58(49)68-60)66-55-34-44-17-7-5-15-42(44)31-50(55)51-32-43-16-6-8-18-45(43)35-56(51)66/h2-22,24-38H,23H2,1H3/b54-29+,64-63?,65-62?. The van der Waals surface area contributed by atoms with Crippen LogP contribution in [0, 0.1) is 5.92 Å². The zero-order valence-corrected chi connectivity index (χ0v) is 37.1. The highest BCUT2D eigenvalue weighted by molar-refractivity contribution is 6.24. The van der Waals surface area contributed by atoms with E-state index >= 15 is 0 Å². The third kappa shape index (κ3) is 6.16. The van der Waals surface area contributed by atoms with Crippen molar-refractivity contribution in [2.45, 2.75) is 13.3 Å². The van der Waals surface area contributed by atoms with Crippen LogP contribution < -0.4 is 0 Å². The van der Waals surface area contributed by atoms with Crippen LogP contribution >= 0.6 is 0 Å². The van der Waals surface area contributed by atoms with E-state index in [1.807, 2.05) is 18.2 Å². The van der Waals surface area contributed by atoms with E-state index in [1.54, 1.807) is 0 Å². The van der Waals surface area contributed by atoms with Gasteiger partial charge in [0.05, 0.1) is 28.1 Å². The molecule has 1 aliphatic rings. The summed E-state index contributed by atoms with van der Waals surface area (Å²) in [5.74, 6) is 0.633. The Bertz CT molecular complexity index is 4200. The average molecular weight is 872 g/mol. The number of hydrogen-bond acceptors (Lipinski definition) is 4. The lowest BCUT2D eigenvalue weighted by molar-refractivity contribution is 0.668. The van der Waals surface area contributed by atoms with Crippen LogP contribution in [0.2, 0.25) is 0 Å². The third-order valence-electron chi connectivity index (χ3n) is 14.0.